The first-order chi connectivity index (χ1) is 56.9. The maximum atomic E-state index is 16.3. The molecular weight excluding hydrogens is 1660 g/mol. The molecule has 7 aliphatic heterocycles. The van der Waals surface area contributed by atoms with Gasteiger partial charge in [-0.1, -0.05) is 78.5 Å². The Hall–Kier alpha value is -10.8. The summed E-state index contributed by atoms with van der Waals surface area (Å²) in [7, 11) is 1.47. The normalized spacial score (nSPS) is 26.5. The van der Waals surface area contributed by atoms with Gasteiger partial charge in [0.25, 0.3) is 11.8 Å². The highest BCUT2D eigenvalue weighted by Gasteiger charge is 2.52. The van der Waals surface area contributed by atoms with Crippen molar-refractivity contribution in [1.82, 2.24) is 53.0 Å². The van der Waals surface area contributed by atoms with E-state index in [1.165, 1.54) is 62.2 Å². The third-order valence-corrected chi connectivity index (χ3v) is 21.8. The number of hydrogen-bond donors (Lipinski definition) is 21. The second-order valence-electron chi connectivity index (χ2n) is 29.8. The largest absolute Gasteiger partial charge is 0.508 e. The SMILES string of the molecule is CNC(CC(C)C)C(=O)NC1C(=O)NC(CC(N)=O)C(=O)NC2C(=O)NC3C(=O)NC(C(=O)N[C@@H](C(=O)NO)c4cc(O)cc(O)c4-c4cc3ccc4O)C(O)c3ccc(c(Cl)c3)Oc3cc2cc(c3OC2OC(CO)C(O)C(O)C2OC2C[C@@](C)(NCc3cncc(C(=O)Nc4cc(Cl)cc(Cl)c4)c3)C(O)C(C)O2)Oc2ccc(cc2Cl)C1O. The van der Waals surface area contributed by atoms with Crippen LogP contribution in [0, 0.1) is 5.92 Å². The molecule has 0 aliphatic carbocycles. The number of aliphatic hydroxyl groups excluding tert-OH is 6. The molecule has 0 spiro atoms. The van der Waals surface area contributed by atoms with Crippen molar-refractivity contribution in [3.8, 4) is 57.1 Å². The molecule has 7 aliphatic rings. The van der Waals surface area contributed by atoms with Gasteiger partial charge in [-0.3, -0.25) is 53.3 Å². The van der Waals surface area contributed by atoms with Crippen molar-refractivity contribution >= 4 is 105 Å². The van der Waals surface area contributed by atoms with E-state index in [1.807, 2.05) is 13.8 Å². The van der Waals surface area contributed by atoms with Gasteiger partial charge in [-0.15, -0.1) is 0 Å². The number of aromatic nitrogens is 1. The molecule has 1 aromatic heterocycles. The third-order valence-electron chi connectivity index (χ3n) is 20.7. The number of phenols is 3. The molecule has 7 aromatic rings. The Morgan fingerprint density at radius 2 is 1.32 bits per heavy atom. The number of anilines is 1. The number of fused-ring (bicyclic) bond motifs is 15. The standard InChI is InChI=1S/C79H84Cl4N12O25/c1-30(2)12-46(85-5)71(107)93-61-63(101)34-7-10-50(44(82)15-34)116-52-17-36-18-53(67(52)120-78-68(66(104)65(103)54(29-96)118-78)119-56-25-79(4,69(105)31(3)115-56)87-27-32-13-37(28-86-26-32)70(106)88-40-20-38(80)19-39(81)21-40)117-51-11-8-35(16-45(51)83)64(102)62-76(112)92-60(77(113)95-114)43-22-41(97)23-49(99)57(43)42-14-33(6-9-48(42)98)58(73(109)94-62)91-74(110)59(36)90-72(108)47(24-55(84)100)89-75(61)111/h6-11,13-23,26,28,30-31,46-47,54,56,58-66,68-69,78,85,87,96-99,101-105,114H,12,24-25,27,29H2,1-5H3,(H2,84,100)(H,88,106)(H,89,111)(H,90,108)(H,91,110)(H,92,112)(H,93,107)(H,94,109)(H,95,113)/t31?,46?,47?,54?,56?,58?,59?,60-,61?,62?,63?,64?,65?,66?,68?,69?,78?,79-/m1/s1. The van der Waals surface area contributed by atoms with Crippen molar-refractivity contribution < 1.29 is 123 Å². The van der Waals surface area contributed by atoms with Gasteiger partial charge in [0.05, 0.1) is 46.9 Å². The number of primary amides is 1. The molecule has 638 valence electrons. The number of benzene rings is 6. The number of pyridine rings is 1. The van der Waals surface area contributed by atoms with E-state index in [2.05, 4.69) is 52.8 Å². The molecule has 2 fully saturated rings. The maximum Gasteiger partial charge on any atom is 0.270 e. The van der Waals surface area contributed by atoms with Crippen molar-refractivity contribution in [3.63, 3.8) is 0 Å². The minimum absolute atomic E-state index is 0.0506. The Bertz CT molecular complexity index is 5130. The molecule has 2 saturated heterocycles. The number of aromatic hydroxyl groups is 3. The van der Waals surface area contributed by atoms with Crippen LogP contribution in [0.15, 0.2) is 116 Å². The van der Waals surface area contributed by atoms with Crippen LogP contribution in [-0.2, 0) is 59.1 Å². The number of hydroxylamine groups is 1. The summed E-state index contributed by atoms with van der Waals surface area (Å²) in [6.45, 7) is 5.68. The first kappa shape index (κ1) is 88.5. The van der Waals surface area contributed by atoms with Crippen molar-refractivity contribution in [2.45, 2.75) is 163 Å². The maximum absolute atomic E-state index is 16.3. The smallest absolute Gasteiger partial charge is 0.270 e. The number of aliphatic hydroxyl groups is 6. The van der Waals surface area contributed by atoms with Crippen molar-refractivity contribution in [3.05, 3.63) is 175 Å². The monoisotopic (exact) mass is 1740 g/mol. The minimum Gasteiger partial charge on any atom is -0.508 e. The summed E-state index contributed by atoms with van der Waals surface area (Å²) >= 11 is 26.7. The van der Waals surface area contributed by atoms with E-state index in [0.29, 0.717) is 11.3 Å². The zero-order valence-corrected chi connectivity index (χ0v) is 67.1. The summed E-state index contributed by atoms with van der Waals surface area (Å²) < 4.78 is 39.4. The van der Waals surface area contributed by atoms with Crippen LogP contribution < -0.4 is 73.3 Å². The van der Waals surface area contributed by atoms with Crippen molar-refractivity contribution in [1.29, 1.82) is 0 Å². The first-order valence-corrected chi connectivity index (χ1v) is 38.8. The highest BCUT2D eigenvalue weighted by Crippen LogP contribution is 2.50. The lowest BCUT2D eigenvalue weighted by atomic mass is 9.84. The van der Waals surface area contributed by atoms with Crippen LogP contribution in [0.2, 0.25) is 20.1 Å². The molecule has 120 heavy (non-hydrogen) atoms. The Morgan fingerprint density at radius 3 is 1.95 bits per heavy atom. The molecule has 11 bridgehead atoms. The number of carbonyl (C=O) groups is 9. The lowest BCUT2D eigenvalue weighted by Crippen LogP contribution is -2.65. The summed E-state index contributed by atoms with van der Waals surface area (Å²) in [6.07, 6.45) is -16.7. The summed E-state index contributed by atoms with van der Waals surface area (Å²) in [5.41, 5.74) is 3.75. The zero-order chi connectivity index (χ0) is 86.8. The average Bonchev–Trinajstić information content (AvgIpc) is 0.765. The van der Waals surface area contributed by atoms with E-state index in [9.17, 15) is 75.1 Å². The quantitative estimate of drug-likeness (QED) is 0.0433. The highest BCUT2D eigenvalue weighted by atomic mass is 35.5. The van der Waals surface area contributed by atoms with E-state index in [0.717, 1.165) is 66.7 Å². The number of phenolic OH excluding ortho intramolecular Hbond substituents is 3. The number of hydrogen-bond acceptors (Lipinski definition) is 28. The lowest BCUT2D eigenvalue weighted by Gasteiger charge is -2.48. The Balaban J connectivity index is 1.03. The second kappa shape index (κ2) is 37.0. The molecule has 18 atom stereocenters. The van der Waals surface area contributed by atoms with Crippen LogP contribution in [0.4, 0.5) is 5.69 Å². The number of halogens is 4. The number of nitrogens with one attached hydrogen (secondary N) is 10. The summed E-state index contributed by atoms with van der Waals surface area (Å²) in [4.78, 5) is 136. The van der Waals surface area contributed by atoms with Crippen molar-refractivity contribution in [2.24, 2.45) is 11.7 Å². The molecule has 6 aromatic carbocycles. The van der Waals surface area contributed by atoms with Crippen molar-refractivity contribution in [2.75, 3.05) is 19.0 Å². The van der Waals surface area contributed by atoms with Gasteiger partial charge in [-0.25, -0.2) is 5.48 Å². The molecule has 8 heterocycles. The predicted octanol–water partition coefficient (Wildman–Crippen LogP) is 3.31. The third kappa shape index (κ3) is 19.5. The number of ether oxygens (including phenoxy) is 6. The van der Waals surface area contributed by atoms with Gasteiger partial charge in [0.2, 0.25) is 53.4 Å². The first-order valence-electron chi connectivity index (χ1n) is 37.3. The van der Waals surface area contributed by atoms with Gasteiger partial charge < -0.3 is 128 Å². The van der Waals surface area contributed by atoms with Gasteiger partial charge in [-0.2, -0.15) is 0 Å². The van der Waals surface area contributed by atoms with E-state index >= 15 is 19.2 Å². The fourth-order valence-corrected chi connectivity index (χ4v) is 15.5. The van der Waals surface area contributed by atoms with Crippen LogP contribution in [-0.4, -0.2) is 202 Å². The topological polar surface area (TPSA) is 571 Å². The van der Waals surface area contributed by atoms with Gasteiger partial charge in [-0.05, 0) is 145 Å². The van der Waals surface area contributed by atoms with E-state index in [4.69, 9.17) is 80.6 Å². The van der Waals surface area contributed by atoms with Crippen LogP contribution in [0.3, 0.4) is 0 Å². The lowest BCUT2D eigenvalue weighted by molar-refractivity contribution is -0.334. The number of nitrogens with two attached hydrogens (primary N) is 1. The molecule has 22 N–H and O–H groups in total. The molecule has 41 heteroatoms. The molecule has 37 nitrogen and oxygen atoms in total. The summed E-state index contributed by atoms with van der Waals surface area (Å²) in [5, 5.41) is 139. The van der Waals surface area contributed by atoms with E-state index in [1.54, 1.807) is 13.0 Å². The average molecular weight is 1740 g/mol. The van der Waals surface area contributed by atoms with Crippen LogP contribution in [0.1, 0.15) is 121 Å². The molecule has 16 unspecified atom stereocenters. The summed E-state index contributed by atoms with van der Waals surface area (Å²) in [6, 6.07) is 5.15. The number of rotatable bonds is 18. The Labute approximate surface area is 702 Å². The number of carbonyl (C=O) groups excluding carboxylic acids is 9. The highest BCUT2D eigenvalue weighted by molar-refractivity contribution is 6.35. The van der Waals surface area contributed by atoms with E-state index < -0.39 is 248 Å². The second-order valence-corrected chi connectivity index (χ2v) is 31.5. The Kier molecular flexibility index (Phi) is 27.3. The molecule has 9 amide bonds. The molecular formula is C79H84Cl4N12O25. The van der Waals surface area contributed by atoms with Gasteiger partial charge in [0, 0.05) is 63.8 Å². The van der Waals surface area contributed by atoms with E-state index in [-0.39, 0.29) is 63.4 Å². The zero-order valence-electron chi connectivity index (χ0n) is 64.0. The van der Waals surface area contributed by atoms with Gasteiger partial charge >= 0.3 is 0 Å². The van der Waals surface area contributed by atoms with Crippen LogP contribution >= 0.6 is 46.4 Å². The molecule has 0 radical (unpaired) electrons. The Morgan fingerprint density at radius 1 is 0.692 bits per heavy atom. The van der Waals surface area contributed by atoms with Crippen LogP contribution in [0.5, 0.6) is 46.0 Å². The van der Waals surface area contributed by atoms with Gasteiger partial charge in [0.1, 0.15) is 95.5 Å². The molecule has 0 saturated carbocycles. The fourth-order valence-electron chi connectivity index (χ4n) is 14.6. The number of amides is 9. The number of likely N-dealkylation sites (N-methyl/N-ethyl adjacent to an activating group) is 1. The summed E-state index contributed by atoms with van der Waals surface area (Å²) in [5.74, 6) is -16.5. The van der Waals surface area contributed by atoms with Crippen LogP contribution in [0.25, 0.3) is 11.1 Å². The number of nitrogens with zero attached hydrogens (tertiary/aromatic N) is 1. The fraction of sp³-hybridized carbons (Fsp3) is 0.367. The van der Waals surface area contributed by atoms with Gasteiger partial charge in [0.15, 0.2) is 23.9 Å². The minimum atomic E-state index is -2.39. The predicted molar refractivity (Wildman–Crippen MR) is 423 cm³/mol. The molecule has 14 rings (SSSR count).